The molecule has 2 rings (SSSR count). The minimum absolute atomic E-state index is 0.0417. The molecule has 2 aromatic carbocycles. The SMILES string of the molecule is O=C(C(CCc1ccccc1)=C(F)F)c1ccccc1. The van der Waals surface area contributed by atoms with E-state index in [0.717, 1.165) is 5.56 Å². The van der Waals surface area contributed by atoms with Crippen molar-refractivity contribution < 1.29 is 13.6 Å². The van der Waals surface area contributed by atoms with Crippen LogP contribution in [0.3, 0.4) is 0 Å². The summed E-state index contributed by atoms with van der Waals surface area (Å²) in [5.74, 6) is -0.596. The van der Waals surface area contributed by atoms with Crippen LogP contribution in [0.1, 0.15) is 22.3 Å². The topological polar surface area (TPSA) is 17.1 Å². The summed E-state index contributed by atoms with van der Waals surface area (Å²) in [5, 5.41) is 0. The standard InChI is InChI=1S/C17H14F2O/c18-17(19)15(12-11-13-7-3-1-4-8-13)16(20)14-9-5-2-6-10-14/h1-10H,11-12H2. The first kappa shape index (κ1) is 14.1. The molecule has 0 amide bonds. The number of hydrogen-bond donors (Lipinski definition) is 0. The highest BCUT2D eigenvalue weighted by atomic mass is 19.3. The van der Waals surface area contributed by atoms with Gasteiger partial charge in [0, 0.05) is 5.56 Å². The zero-order valence-corrected chi connectivity index (χ0v) is 10.9. The van der Waals surface area contributed by atoms with Crippen LogP contribution < -0.4 is 0 Å². The second kappa shape index (κ2) is 6.75. The second-order valence-corrected chi connectivity index (χ2v) is 4.42. The molecule has 0 aliphatic rings. The molecule has 0 fully saturated rings. The van der Waals surface area contributed by atoms with E-state index in [2.05, 4.69) is 0 Å². The number of rotatable bonds is 5. The minimum Gasteiger partial charge on any atom is -0.289 e. The van der Waals surface area contributed by atoms with E-state index in [9.17, 15) is 13.6 Å². The molecule has 0 unspecified atom stereocenters. The van der Waals surface area contributed by atoms with Crippen LogP contribution in [-0.2, 0) is 6.42 Å². The Morgan fingerprint density at radius 2 is 1.40 bits per heavy atom. The number of hydrogen-bond acceptors (Lipinski definition) is 1. The lowest BCUT2D eigenvalue weighted by molar-refractivity contribution is 0.102. The van der Waals surface area contributed by atoms with Crippen molar-refractivity contribution in [3.63, 3.8) is 0 Å². The van der Waals surface area contributed by atoms with Gasteiger partial charge in [0.2, 0.25) is 0 Å². The van der Waals surface area contributed by atoms with Crippen molar-refractivity contribution in [1.82, 2.24) is 0 Å². The Bertz CT molecular complexity index is 599. The molecule has 0 spiro atoms. The summed E-state index contributed by atoms with van der Waals surface area (Å²) >= 11 is 0. The molecule has 0 atom stereocenters. The third kappa shape index (κ3) is 3.60. The van der Waals surface area contributed by atoms with Gasteiger partial charge < -0.3 is 0 Å². The van der Waals surface area contributed by atoms with Crippen molar-refractivity contribution in [3.05, 3.63) is 83.4 Å². The number of allylic oxidation sites excluding steroid dienone is 1. The summed E-state index contributed by atoms with van der Waals surface area (Å²) in [6.45, 7) is 0. The zero-order chi connectivity index (χ0) is 14.4. The number of aryl methyl sites for hydroxylation is 1. The fourth-order valence-corrected chi connectivity index (χ4v) is 1.97. The van der Waals surface area contributed by atoms with Gasteiger partial charge in [0.05, 0.1) is 5.57 Å². The van der Waals surface area contributed by atoms with Crippen LogP contribution in [-0.4, -0.2) is 5.78 Å². The quantitative estimate of drug-likeness (QED) is 0.572. The van der Waals surface area contributed by atoms with Crippen molar-refractivity contribution in [1.29, 1.82) is 0 Å². The summed E-state index contributed by atoms with van der Waals surface area (Å²) in [5.41, 5.74) is 0.829. The van der Waals surface area contributed by atoms with Gasteiger partial charge in [-0.05, 0) is 18.4 Å². The molecule has 20 heavy (non-hydrogen) atoms. The maximum absolute atomic E-state index is 13.0. The van der Waals surface area contributed by atoms with E-state index in [-0.39, 0.29) is 6.42 Å². The summed E-state index contributed by atoms with van der Waals surface area (Å²) in [4.78, 5) is 12.1. The number of carbonyl (C=O) groups is 1. The van der Waals surface area contributed by atoms with Crippen molar-refractivity contribution in [2.75, 3.05) is 0 Å². The highest BCUT2D eigenvalue weighted by molar-refractivity contribution is 6.08. The first-order valence-corrected chi connectivity index (χ1v) is 6.36. The lowest BCUT2D eigenvalue weighted by atomic mass is 9.98. The van der Waals surface area contributed by atoms with Crippen LogP contribution in [0.25, 0.3) is 0 Å². The van der Waals surface area contributed by atoms with E-state index in [4.69, 9.17) is 0 Å². The van der Waals surface area contributed by atoms with Gasteiger partial charge in [0.15, 0.2) is 5.78 Å². The predicted octanol–water partition coefficient (Wildman–Crippen LogP) is 4.65. The Labute approximate surface area is 116 Å². The molecule has 0 saturated heterocycles. The number of Topliss-reactive ketones (excluding diaryl/α,β-unsaturated/α-hetero) is 1. The highest BCUT2D eigenvalue weighted by Gasteiger charge is 2.17. The third-order valence-corrected chi connectivity index (χ3v) is 3.04. The van der Waals surface area contributed by atoms with E-state index in [1.165, 1.54) is 0 Å². The molecule has 3 heteroatoms. The monoisotopic (exact) mass is 272 g/mol. The maximum atomic E-state index is 13.0. The number of ketones is 1. The second-order valence-electron chi connectivity index (χ2n) is 4.42. The van der Waals surface area contributed by atoms with Gasteiger partial charge >= 0.3 is 0 Å². The largest absolute Gasteiger partial charge is 0.289 e. The average Bonchev–Trinajstić information content (AvgIpc) is 2.49. The van der Waals surface area contributed by atoms with Gasteiger partial charge in [-0.15, -0.1) is 0 Å². The van der Waals surface area contributed by atoms with Crippen LogP contribution in [0.15, 0.2) is 72.3 Å². The van der Waals surface area contributed by atoms with Crippen LogP contribution in [0, 0.1) is 0 Å². The molecule has 0 N–H and O–H groups in total. The Balaban J connectivity index is 2.13. The van der Waals surface area contributed by atoms with Crippen LogP contribution in [0.5, 0.6) is 0 Å². The van der Waals surface area contributed by atoms with Gasteiger partial charge in [-0.2, -0.15) is 8.78 Å². The van der Waals surface area contributed by atoms with Crippen molar-refractivity contribution in [2.45, 2.75) is 12.8 Å². The molecule has 0 radical (unpaired) electrons. The summed E-state index contributed by atoms with van der Waals surface area (Å²) in [6, 6.07) is 17.5. The fraction of sp³-hybridized carbons (Fsp3) is 0.118. The lowest BCUT2D eigenvalue weighted by Crippen LogP contribution is -2.06. The van der Waals surface area contributed by atoms with Gasteiger partial charge in [-0.3, -0.25) is 4.79 Å². The number of benzene rings is 2. The molecular weight excluding hydrogens is 258 g/mol. The number of carbonyl (C=O) groups excluding carboxylic acids is 1. The molecule has 0 heterocycles. The number of halogens is 2. The van der Waals surface area contributed by atoms with Crippen molar-refractivity contribution in [3.8, 4) is 0 Å². The third-order valence-electron chi connectivity index (χ3n) is 3.04. The normalized spacial score (nSPS) is 10.1. The zero-order valence-electron chi connectivity index (χ0n) is 10.9. The highest BCUT2D eigenvalue weighted by Crippen LogP contribution is 2.20. The van der Waals surface area contributed by atoms with Gasteiger partial charge in [-0.25, -0.2) is 0 Å². The Hall–Kier alpha value is -2.29. The summed E-state index contributed by atoms with van der Waals surface area (Å²) < 4.78 is 26.0. The van der Waals surface area contributed by atoms with E-state index >= 15 is 0 Å². The van der Waals surface area contributed by atoms with Crippen LogP contribution >= 0.6 is 0 Å². The Morgan fingerprint density at radius 3 is 1.95 bits per heavy atom. The molecule has 0 saturated carbocycles. The molecule has 0 aliphatic carbocycles. The Kier molecular flexibility index (Phi) is 4.77. The summed E-state index contributed by atoms with van der Waals surface area (Å²) in [7, 11) is 0. The van der Waals surface area contributed by atoms with Gasteiger partial charge in [0.25, 0.3) is 6.08 Å². The molecule has 102 valence electrons. The molecule has 1 nitrogen and oxygen atoms in total. The van der Waals surface area contributed by atoms with Crippen molar-refractivity contribution >= 4 is 5.78 Å². The van der Waals surface area contributed by atoms with E-state index in [0.29, 0.717) is 12.0 Å². The maximum Gasteiger partial charge on any atom is 0.277 e. The smallest absolute Gasteiger partial charge is 0.277 e. The molecule has 0 bridgehead atoms. The van der Waals surface area contributed by atoms with E-state index < -0.39 is 17.4 Å². The predicted molar refractivity (Wildman–Crippen MR) is 74.8 cm³/mol. The average molecular weight is 272 g/mol. The molecule has 0 aliphatic heterocycles. The summed E-state index contributed by atoms with van der Waals surface area (Å²) in [6.07, 6.45) is -1.43. The van der Waals surface area contributed by atoms with Gasteiger partial charge in [0.1, 0.15) is 0 Å². The molecule has 0 aromatic heterocycles. The lowest BCUT2D eigenvalue weighted by Gasteiger charge is -2.06. The molecular formula is C17H14F2O. The molecule has 2 aromatic rings. The van der Waals surface area contributed by atoms with Crippen LogP contribution in [0.2, 0.25) is 0 Å². The first-order chi connectivity index (χ1) is 9.68. The minimum atomic E-state index is -1.89. The van der Waals surface area contributed by atoms with Gasteiger partial charge in [-0.1, -0.05) is 60.7 Å². The Morgan fingerprint density at radius 1 is 0.850 bits per heavy atom. The first-order valence-electron chi connectivity index (χ1n) is 6.36. The van der Waals surface area contributed by atoms with E-state index in [1.54, 1.807) is 30.3 Å². The van der Waals surface area contributed by atoms with Crippen molar-refractivity contribution in [2.24, 2.45) is 0 Å². The fourth-order valence-electron chi connectivity index (χ4n) is 1.97. The van der Waals surface area contributed by atoms with E-state index in [1.807, 2.05) is 30.3 Å². The van der Waals surface area contributed by atoms with Crippen LogP contribution in [0.4, 0.5) is 8.78 Å².